The number of nitrogens with one attached hydrogen (secondary N) is 2. The maximum Gasteiger partial charge on any atom is 0.274 e. The molecule has 0 spiro atoms. The molecule has 0 fully saturated rings. The molecule has 7 heterocycles. The number of sulfone groups is 2. The molecule has 7 aromatic heterocycles. The minimum atomic E-state index is -3.70. The third kappa shape index (κ3) is 10.7. The van der Waals surface area contributed by atoms with Gasteiger partial charge >= 0.3 is 0 Å². The van der Waals surface area contributed by atoms with E-state index in [4.69, 9.17) is 26.8 Å². The first-order valence-corrected chi connectivity index (χ1v) is 25.3. The van der Waals surface area contributed by atoms with Gasteiger partial charge < -0.3 is 25.8 Å². The molecule has 0 radical (unpaired) electrons. The predicted octanol–water partition coefficient (Wildman–Crippen LogP) is 9.02. The van der Waals surface area contributed by atoms with E-state index in [0.29, 0.717) is 44.5 Å². The summed E-state index contributed by atoms with van der Waals surface area (Å²) in [6.07, 6.45) is 9.09. The fraction of sp³-hybridized carbons (Fsp3) is 0.200. The lowest BCUT2D eigenvalue weighted by molar-refractivity contribution is 0.101. The number of carbonyl (C=O) groups is 2. The van der Waals surface area contributed by atoms with Crippen molar-refractivity contribution in [1.82, 2.24) is 33.4 Å². The van der Waals surface area contributed by atoms with Crippen molar-refractivity contribution in [3.63, 3.8) is 0 Å². The summed E-state index contributed by atoms with van der Waals surface area (Å²) in [5.74, 6) is -0.917. The summed E-state index contributed by atoms with van der Waals surface area (Å²) in [4.78, 5) is 37.0. The van der Waals surface area contributed by atoms with Gasteiger partial charge in [0.2, 0.25) is 5.95 Å². The number of ether oxygens (including phenoxy) is 2. The fourth-order valence-electron chi connectivity index (χ4n) is 7.10. The Morgan fingerprint density at radius 3 is 2.00 bits per heavy atom. The summed E-state index contributed by atoms with van der Waals surface area (Å²) in [7, 11) is -4.49. The molecular weight excluding hydrogens is 987 g/mol. The fourth-order valence-corrected chi connectivity index (χ4v) is 9.78. The molecule has 22 heteroatoms. The quantitative estimate of drug-likeness (QED) is 0.109. The van der Waals surface area contributed by atoms with Crippen LogP contribution in [-0.4, -0.2) is 86.2 Å². The molecule has 4 N–H and O–H groups in total. The van der Waals surface area contributed by atoms with Gasteiger partial charge in [-0.2, -0.15) is 9.49 Å². The Hall–Kier alpha value is -7.88. The molecule has 2 amide bonds. The van der Waals surface area contributed by atoms with Gasteiger partial charge in [0.05, 0.1) is 70.3 Å². The lowest BCUT2D eigenvalue weighted by Gasteiger charge is -2.21. The van der Waals surface area contributed by atoms with Crippen LogP contribution in [0, 0.1) is 12.9 Å². The molecule has 0 aliphatic heterocycles. The van der Waals surface area contributed by atoms with Crippen LogP contribution in [0.3, 0.4) is 0 Å². The van der Waals surface area contributed by atoms with Gasteiger partial charge in [0.15, 0.2) is 19.7 Å². The van der Waals surface area contributed by atoms with Gasteiger partial charge in [0, 0.05) is 48.0 Å². The summed E-state index contributed by atoms with van der Waals surface area (Å²) < 4.78 is 79.0. The smallest absolute Gasteiger partial charge is 0.274 e. The topological polar surface area (TPSA) is 236 Å². The van der Waals surface area contributed by atoms with Crippen LogP contribution in [0.25, 0.3) is 28.1 Å². The first-order valence-electron chi connectivity index (χ1n) is 21.9. The van der Waals surface area contributed by atoms with E-state index in [0.717, 1.165) is 11.1 Å². The molecule has 0 bridgehead atoms. The van der Waals surface area contributed by atoms with Gasteiger partial charge in [-0.15, -0.1) is 0 Å². The molecule has 0 saturated heterocycles. The average molecular weight is 1040 g/mol. The molecule has 72 heavy (non-hydrogen) atoms. The van der Waals surface area contributed by atoms with E-state index < -0.39 is 35.6 Å². The van der Waals surface area contributed by atoms with E-state index >= 15 is 0 Å². The first-order chi connectivity index (χ1) is 34.0. The van der Waals surface area contributed by atoms with Crippen LogP contribution in [-0.2, 0) is 19.7 Å². The van der Waals surface area contributed by atoms with Crippen LogP contribution >= 0.6 is 11.6 Å². The van der Waals surface area contributed by atoms with Crippen molar-refractivity contribution < 1.29 is 40.3 Å². The predicted molar refractivity (Wildman–Crippen MR) is 274 cm³/mol. The number of para-hydroxylation sites is 2. The molecule has 0 saturated carbocycles. The molecule has 9 rings (SSSR count). The zero-order valence-corrected chi connectivity index (χ0v) is 42.6. The summed E-state index contributed by atoms with van der Waals surface area (Å²) in [6.45, 7) is 9.92. The molecule has 18 nitrogen and oxygen atoms in total. The van der Waals surface area contributed by atoms with Crippen LogP contribution in [0.5, 0.6) is 11.5 Å². The Bertz CT molecular complexity index is 3720. The number of methoxy groups -OCH3 is 2. The van der Waals surface area contributed by atoms with E-state index in [9.17, 15) is 30.8 Å². The molecule has 0 aliphatic carbocycles. The second-order valence-corrected chi connectivity index (χ2v) is 22.8. The normalized spacial score (nSPS) is 11.7. The number of aryl methyl sites for hydroxylation is 1. The summed E-state index contributed by atoms with van der Waals surface area (Å²) in [5.41, 5.74) is 11.1. The molecule has 0 unspecified atom stereocenters. The zero-order chi connectivity index (χ0) is 52.3. The number of halogens is 2. The minimum absolute atomic E-state index is 0.0120. The number of fused-ring (bicyclic) bond motifs is 3. The maximum atomic E-state index is 13.6. The Morgan fingerprint density at radius 2 is 1.36 bits per heavy atom. The average Bonchev–Trinajstić information content (AvgIpc) is 4.09. The van der Waals surface area contributed by atoms with Crippen LogP contribution in [0.2, 0.25) is 5.02 Å². The molecular formula is C50H50ClFN10O8S2. The highest BCUT2D eigenvalue weighted by Gasteiger charge is 2.35. The number of hydrogen-bond acceptors (Lipinski definition) is 13. The zero-order valence-electron chi connectivity index (χ0n) is 40.2. The number of nitrogens with two attached hydrogens (primary N) is 1. The van der Waals surface area contributed by atoms with Gasteiger partial charge in [0.25, 0.3) is 11.8 Å². The third-order valence-electron chi connectivity index (χ3n) is 11.1. The third-order valence-corrected chi connectivity index (χ3v) is 16.1. The Balaban J connectivity index is 0.000000161. The number of rotatable bonds is 10. The van der Waals surface area contributed by atoms with E-state index in [1.54, 1.807) is 74.1 Å². The SMILES string of the molecule is COc1cc2ncc(-c3cc(N)nc(F)c3)n2cc1S(=O)(=O)C(C)C.COc1cc2ncc(C(=O)Nc3ccccc3C)n2cc1S(=O)(=O)C(C)(C)C.O=C(Nc1ccccc1Cl)c1cnn2ccccc12. The number of nitrogens with zero attached hydrogens (tertiary/aromatic N) is 7. The van der Waals surface area contributed by atoms with Crippen LogP contribution in [0.15, 0.2) is 138 Å². The van der Waals surface area contributed by atoms with Crippen molar-refractivity contribution >= 4 is 77.1 Å². The second kappa shape index (κ2) is 20.8. The minimum Gasteiger partial charge on any atom is -0.495 e. The Kier molecular flexibility index (Phi) is 15.0. The van der Waals surface area contributed by atoms with E-state index in [1.165, 1.54) is 67.7 Å². The van der Waals surface area contributed by atoms with Crippen LogP contribution in [0.1, 0.15) is 61.0 Å². The highest BCUT2D eigenvalue weighted by Crippen LogP contribution is 2.34. The maximum absolute atomic E-state index is 13.6. The summed E-state index contributed by atoms with van der Waals surface area (Å²) in [5, 5.41) is 9.63. The number of nitrogen functional groups attached to an aromatic ring is 1. The van der Waals surface area contributed by atoms with Crippen molar-refractivity contribution in [2.45, 2.75) is 61.3 Å². The summed E-state index contributed by atoms with van der Waals surface area (Å²) in [6, 6.07) is 25.8. The number of amides is 2. The lowest BCUT2D eigenvalue weighted by atomic mass is 10.2. The van der Waals surface area contributed by atoms with E-state index in [-0.39, 0.29) is 44.6 Å². The van der Waals surface area contributed by atoms with Crippen LogP contribution < -0.4 is 25.8 Å². The molecule has 9 aromatic rings. The number of carbonyl (C=O) groups excluding carboxylic acids is 2. The first kappa shape index (κ1) is 52.0. The van der Waals surface area contributed by atoms with E-state index in [1.807, 2.05) is 55.5 Å². The van der Waals surface area contributed by atoms with Crippen molar-refractivity contribution in [1.29, 1.82) is 0 Å². The number of hydrogen-bond donors (Lipinski definition) is 3. The number of anilines is 3. The van der Waals surface area contributed by atoms with Gasteiger partial charge in [-0.25, -0.2) is 36.3 Å². The van der Waals surface area contributed by atoms with E-state index in [2.05, 4.69) is 30.7 Å². The lowest BCUT2D eigenvalue weighted by Crippen LogP contribution is -2.28. The Morgan fingerprint density at radius 1 is 0.764 bits per heavy atom. The van der Waals surface area contributed by atoms with Gasteiger partial charge in [-0.3, -0.25) is 18.4 Å². The Labute approximate surface area is 419 Å². The highest BCUT2D eigenvalue weighted by molar-refractivity contribution is 7.93. The number of aromatic nitrogens is 7. The monoisotopic (exact) mass is 1040 g/mol. The molecule has 0 aliphatic rings. The molecule has 0 atom stereocenters. The summed E-state index contributed by atoms with van der Waals surface area (Å²) >= 11 is 6.01. The van der Waals surface area contributed by atoms with Gasteiger partial charge in [0.1, 0.15) is 44.1 Å². The molecule has 374 valence electrons. The van der Waals surface area contributed by atoms with Crippen molar-refractivity contribution in [2.24, 2.45) is 0 Å². The molecule has 2 aromatic carbocycles. The number of imidazole rings is 2. The second-order valence-electron chi connectivity index (χ2n) is 17.3. The largest absolute Gasteiger partial charge is 0.495 e. The van der Waals surface area contributed by atoms with Crippen LogP contribution in [0.4, 0.5) is 21.6 Å². The van der Waals surface area contributed by atoms with Crippen molar-refractivity contribution in [3.05, 3.63) is 156 Å². The number of benzene rings is 2. The number of pyridine rings is 4. The highest BCUT2D eigenvalue weighted by atomic mass is 35.5. The standard InChI is InChI=1S/C20H23N3O4S.C16H17FN4O3S.C14H10ClN3O/c1-13-8-6-7-9-14(13)22-19(24)15-11-21-18-10-16(27-5)17(12-23(15)18)28(25,26)20(2,3)4;1-9(2)25(22,23)13-8-21-11(7-19-16(21)6-12(13)24-3)10-4-14(17)20-15(18)5-10;15-11-5-1-2-6-12(11)17-14(19)10-9-16-18-8-4-3-7-13(10)18/h6-12H,1-5H3,(H,22,24);4-9H,1-3H3,(H2,18,20);1-9H,(H,17,19). The van der Waals surface area contributed by atoms with Crippen molar-refractivity contribution in [2.75, 3.05) is 30.6 Å². The van der Waals surface area contributed by atoms with Crippen molar-refractivity contribution in [3.8, 4) is 22.8 Å². The van der Waals surface area contributed by atoms with Gasteiger partial charge in [-0.1, -0.05) is 48.0 Å². The van der Waals surface area contributed by atoms with Gasteiger partial charge in [-0.05, 0) is 83.5 Å².